The molecule has 1 fully saturated rings. The van der Waals surface area contributed by atoms with Gasteiger partial charge >= 0.3 is 0 Å². The summed E-state index contributed by atoms with van der Waals surface area (Å²) >= 11 is 0. The fourth-order valence-corrected chi connectivity index (χ4v) is 2.37. The second-order valence-electron chi connectivity index (χ2n) is 5.50. The fourth-order valence-electron chi connectivity index (χ4n) is 2.37. The molecule has 4 nitrogen and oxygen atoms in total. The molecule has 0 aliphatic heterocycles. The van der Waals surface area contributed by atoms with Gasteiger partial charge in [-0.1, -0.05) is 0 Å². The summed E-state index contributed by atoms with van der Waals surface area (Å²) in [4.78, 5) is 8.85. The molecular weight excluding hydrogens is 212 g/mol. The van der Waals surface area contributed by atoms with Gasteiger partial charge in [-0.15, -0.1) is 0 Å². The van der Waals surface area contributed by atoms with E-state index in [1.807, 2.05) is 30.2 Å². The number of aromatic nitrogens is 3. The monoisotopic (exact) mass is 230 g/mol. The Morgan fingerprint density at radius 2 is 2.12 bits per heavy atom. The average Bonchev–Trinajstić information content (AvgIpc) is 3.06. The zero-order valence-corrected chi connectivity index (χ0v) is 10.6. The molecule has 90 valence electrons. The van der Waals surface area contributed by atoms with Gasteiger partial charge in [0.15, 0.2) is 5.82 Å². The zero-order chi connectivity index (χ0) is 12.0. The van der Waals surface area contributed by atoms with Crippen LogP contribution in [0.4, 0.5) is 5.82 Å². The van der Waals surface area contributed by atoms with Crippen LogP contribution in [0, 0.1) is 5.92 Å². The predicted molar refractivity (Wildman–Crippen MR) is 68.9 cm³/mol. The number of imidazole rings is 1. The van der Waals surface area contributed by atoms with Crippen LogP contribution < -0.4 is 5.32 Å². The first-order valence-corrected chi connectivity index (χ1v) is 6.12. The largest absolute Gasteiger partial charge is 0.363 e. The molecular formula is C13H18N4. The molecule has 1 aliphatic carbocycles. The van der Waals surface area contributed by atoms with Crippen LogP contribution in [0.25, 0.3) is 11.0 Å². The maximum atomic E-state index is 4.43. The Kier molecular flexibility index (Phi) is 2.15. The standard InChI is InChI=1S/C13H18N4/c1-13(2,9-4-5-9)16-12-11-10(6-7-14-12)17(3)8-15-11/h6-9H,4-5H2,1-3H3,(H,14,16). The molecule has 2 aromatic heterocycles. The molecule has 2 heterocycles. The van der Waals surface area contributed by atoms with Crippen molar-refractivity contribution in [1.29, 1.82) is 0 Å². The summed E-state index contributed by atoms with van der Waals surface area (Å²) in [5.41, 5.74) is 2.19. The Morgan fingerprint density at radius 1 is 1.35 bits per heavy atom. The van der Waals surface area contributed by atoms with Gasteiger partial charge in [-0.25, -0.2) is 9.97 Å². The van der Waals surface area contributed by atoms with Crippen LogP contribution in [0.5, 0.6) is 0 Å². The van der Waals surface area contributed by atoms with Gasteiger partial charge in [0.05, 0.1) is 11.8 Å². The lowest BCUT2D eigenvalue weighted by Crippen LogP contribution is -2.33. The first kappa shape index (κ1) is 10.6. The van der Waals surface area contributed by atoms with E-state index in [0.29, 0.717) is 0 Å². The van der Waals surface area contributed by atoms with Crippen LogP contribution in [0.3, 0.4) is 0 Å². The van der Waals surface area contributed by atoms with Crippen LogP contribution in [0.15, 0.2) is 18.6 Å². The summed E-state index contributed by atoms with van der Waals surface area (Å²) < 4.78 is 2.02. The molecule has 0 atom stereocenters. The number of hydrogen-bond acceptors (Lipinski definition) is 3. The summed E-state index contributed by atoms with van der Waals surface area (Å²) in [7, 11) is 2.01. The maximum absolute atomic E-state index is 4.43. The summed E-state index contributed by atoms with van der Waals surface area (Å²) in [6, 6.07) is 2.00. The lowest BCUT2D eigenvalue weighted by molar-refractivity contribution is 0.493. The van der Waals surface area contributed by atoms with Gasteiger partial charge < -0.3 is 9.88 Å². The first-order valence-electron chi connectivity index (χ1n) is 6.12. The molecule has 4 heteroatoms. The third-order valence-corrected chi connectivity index (χ3v) is 3.68. The van der Waals surface area contributed by atoms with Gasteiger partial charge in [-0.3, -0.25) is 0 Å². The molecule has 0 radical (unpaired) electrons. The van der Waals surface area contributed by atoms with Crippen molar-refractivity contribution in [2.45, 2.75) is 32.2 Å². The van der Waals surface area contributed by atoms with Crippen LogP contribution >= 0.6 is 0 Å². The van der Waals surface area contributed by atoms with E-state index in [-0.39, 0.29) is 5.54 Å². The highest BCUT2D eigenvalue weighted by atomic mass is 15.1. The predicted octanol–water partition coefficient (Wildman–Crippen LogP) is 2.57. The molecule has 0 aromatic carbocycles. The highest BCUT2D eigenvalue weighted by molar-refractivity contribution is 5.86. The molecule has 0 bridgehead atoms. The van der Waals surface area contributed by atoms with Crippen molar-refractivity contribution in [2.24, 2.45) is 13.0 Å². The molecule has 0 unspecified atom stereocenters. The van der Waals surface area contributed by atoms with Crippen molar-refractivity contribution in [3.05, 3.63) is 18.6 Å². The Hall–Kier alpha value is -1.58. The normalized spacial score (nSPS) is 16.4. The van der Waals surface area contributed by atoms with Gasteiger partial charge in [0.25, 0.3) is 0 Å². The van der Waals surface area contributed by atoms with E-state index in [0.717, 1.165) is 22.8 Å². The van der Waals surface area contributed by atoms with E-state index in [2.05, 4.69) is 29.1 Å². The molecule has 0 amide bonds. The molecule has 0 spiro atoms. The van der Waals surface area contributed by atoms with E-state index in [1.54, 1.807) is 0 Å². The third kappa shape index (κ3) is 1.77. The zero-order valence-electron chi connectivity index (χ0n) is 10.6. The minimum absolute atomic E-state index is 0.110. The topological polar surface area (TPSA) is 42.7 Å². The molecule has 2 aromatic rings. The number of rotatable bonds is 3. The van der Waals surface area contributed by atoms with Gasteiger partial charge in [-0.2, -0.15) is 0 Å². The van der Waals surface area contributed by atoms with E-state index in [4.69, 9.17) is 0 Å². The molecule has 1 saturated carbocycles. The Bertz CT molecular complexity index is 552. The Balaban J connectivity index is 2.00. The van der Waals surface area contributed by atoms with Crippen LogP contribution in [-0.2, 0) is 7.05 Å². The third-order valence-electron chi connectivity index (χ3n) is 3.68. The van der Waals surface area contributed by atoms with Gasteiger partial charge in [0, 0.05) is 18.8 Å². The quantitative estimate of drug-likeness (QED) is 0.881. The number of anilines is 1. The molecule has 3 rings (SSSR count). The molecule has 1 aliphatic rings. The summed E-state index contributed by atoms with van der Waals surface area (Å²) in [5, 5.41) is 3.55. The lowest BCUT2D eigenvalue weighted by atomic mass is 9.99. The summed E-state index contributed by atoms with van der Waals surface area (Å²) in [5.74, 6) is 1.67. The van der Waals surface area contributed by atoms with Crippen molar-refractivity contribution >= 4 is 16.9 Å². The second kappa shape index (κ2) is 3.45. The summed E-state index contributed by atoms with van der Waals surface area (Å²) in [6.07, 6.45) is 6.31. The summed E-state index contributed by atoms with van der Waals surface area (Å²) in [6.45, 7) is 4.49. The Labute approximate surface area is 101 Å². The van der Waals surface area contributed by atoms with Gasteiger partial charge in [0.1, 0.15) is 5.52 Å². The molecule has 1 N–H and O–H groups in total. The number of pyridine rings is 1. The first-order chi connectivity index (χ1) is 8.08. The number of fused-ring (bicyclic) bond motifs is 1. The SMILES string of the molecule is Cn1cnc2c(NC(C)(C)C3CC3)nccc21. The Morgan fingerprint density at radius 3 is 2.82 bits per heavy atom. The number of nitrogens with one attached hydrogen (secondary N) is 1. The van der Waals surface area contributed by atoms with E-state index in [9.17, 15) is 0 Å². The minimum atomic E-state index is 0.110. The van der Waals surface area contributed by atoms with Crippen molar-refractivity contribution in [3.8, 4) is 0 Å². The number of hydrogen-bond donors (Lipinski definition) is 1. The lowest BCUT2D eigenvalue weighted by Gasteiger charge is -2.26. The maximum Gasteiger partial charge on any atom is 0.154 e. The average molecular weight is 230 g/mol. The highest BCUT2D eigenvalue weighted by Gasteiger charge is 2.38. The second-order valence-corrected chi connectivity index (χ2v) is 5.50. The van der Waals surface area contributed by atoms with Crippen molar-refractivity contribution in [3.63, 3.8) is 0 Å². The van der Waals surface area contributed by atoms with Crippen molar-refractivity contribution in [2.75, 3.05) is 5.32 Å². The van der Waals surface area contributed by atoms with Crippen LogP contribution in [0.1, 0.15) is 26.7 Å². The molecule has 0 saturated heterocycles. The van der Waals surface area contributed by atoms with Crippen LogP contribution in [-0.4, -0.2) is 20.1 Å². The minimum Gasteiger partial charge on any atom is -0.363 e. The van der Waals surface area contributed by atoms with Gasteiger partial charge in [0.2, 0.25) is 0 Å². The van der Waals surface area contributed by atoms with E-state index in [1.165, 1.54) is 12.8 Å². The van der Waals surface area contributed by atoms with Gasteiger partial charge in [-0.05, 0) is 38.7 Å². The molecule has 17 heavy (non-hydrogen) atoms. The highest BCUT2D eigenvalue weighted by Crippen LogP contribution is 2.41. The van der Waals surface area contributed by atoms with Crippen molar-refractivity contribution in [1.82, 2.24) is 14.5 Å². The van der Waals surface area contributed by atoms with Crippen LogP contribution in [0.2, 0.25) is 0 Å². The van der Waals surface area contributed by atoms with E-state index >= 15 is 0 Å². The number of aryl methyl sites for hydroxylation is 1. The fraction of sp³-hybridized carbons (Fsp3) is 0.538. The van der Waals surface area contributed by atoms with E-state index < -0.39 is 0 Å². The smallest absolute Gasteiger partial charge is 0.154 e. The van der Waals surface area contributed by atoms with Crippen molar-refractivity contribution < 1.29 is 0 Å². The number of nitrogens with zero attached hydrogens (tertiary/aromatic N) is 3.